The molecule has 0 bridgehead atoms. The normalized spacial score (nSPS) is 15.8. The van der Waals surface area contributed by atoms with Crippen LogP contribution in [0.15, 0.2) is 53.4 Å². The minimum atomic E-state index is -3.97. The molecule has 8 heteroatoms. The lowest BCUT2D eigenvalue weighted by molar-refractivity contribution is 0.122. The number of nitriles is 1. The molecule has 3 aromatic rings. The van der Waals surface area contributed by atoms with E-state index in [0.29, 0.717) is 43.2 Å². The fraction of sp³-hybridized carbons (Fsp3) is 0.286. The van der Waals surface area contributed by atoms with E-state index in [0.717, 1.165) is 5.56 Å². The van der Waals surface area contributed by atoms with Crippen molar-refractivity contribution in [3.05, 3.63) is 59.8 Å². The first-order chi connectivity index (χ1) is 14.0. The van der Waals surface area contributed by atoms with Gasteiger partial charge in [-0.15, -0.1) is 0 Å². The first-order valence-corrected chi connectivity index (χ1v) is 10.8. The Morgan fingerprint density at radius 2 is 1.66 bits per heavy atom. The molecule has 1 aliphatic rings. The minimum absolute atomic E-state index is 0.0949. The maximum Gasteiger partial charge on any atom is 0.200 e. The summed E-state index contributed by atoms with van der Waals surface area (Å²) in [6, 6.07) is 15.7. The molecular weight excluding hydrogens is 388 g/mol. The summed E-state index contributed by atoms with van der Waals surface area (Å²) in [5.41, 5.74) is 2.31. The van der Waals surface area contributed by atoms with Crippen LogP contribution in [0, 0.1) is 18.3 Å². The Labute approximate surface area is 169 Å². The molecule has 1 aromatic heterocycles. The molecule has 1 fully saturated rings. The molecule has 1 aliphatic heterocycles. The second kappa shape index (κ2) is 7.78. The first-order valence-electron chi connectivity index (χ1n) is 9.30. The van der Waals surface area contributed by atoms with Gasteiger partial charge in [-0.3, -0.25) is 0 Å². The number of para-hydroxylation sites is 2. The van der Waals surface area contributed by atoms with Gasteiger partial charge in [0.1, 0.15) is 5.69 Å². The monoisotopic (exact) mass is 408 g/mol. The van der Waals surface area contributed by atoms with Crippen molar-refractivity contribution in [2.45, 2.75) is 17.1 Å². The van der Waals surface area contributed by atoms with Gasteiger partial charge >= 0.3 is 0 Å². The molecule has 7 nitrogen and oxygen atoms in total. The van der Waals surface area contributed by atoms with Gasteiger partial charge in [-0.1, -0.05) is 29.8 Å². The summed E-state index contributed by atoms with van der Waals surface area (Å²) < 4.78 is 32.0. The lowest BCUT2D eigenvalue weighted by atomic mass is 10.2. The average molecular weight is 408 g/mol. The molecule has 0 saturated carbocycles. The van der Waals surface area contributed by atoms with Crippen LogP contribution in [0.25, 0.3) is 11.0 Å². The highest BCUT2D eigenvalue weighted by molar-refractivity contribution is 7.92. The molecule has 2 heterocycles. The van der Waals surface area contributed by atoms with E-state index in [2.05, 4.69) is 9.97 Å². The Hall–Kier alpha value is -3.02. The maximum atomic E-state index is 13.3. The van der Waals surface area contributed by atoms with Crippen molar-refractivity contribution in [3.8, 4) is 6.07 Å². The second-order valence-electron chi connectivity index (χ2n) is 6.89. The quantitative estimate of drug-likeness (QED) is 0.655. The van der Waals surface area contributed by atoms with E-state index in [1.807, 2.05) is 36.1 Å². The number of aryl methyl sites for hydroxylation is 1. The first kappa shape index (κ1) is 19.3. The highest BCUT2D eigenvalue weighted by Gasteiger charge is 2.35. The van der Waals surface area contributed by atoms with Crippen LogP contribution in [0.5, 0.6) is 0 Å². The van der Waals surface area contributed by atoms with Crippen molar-refractivity contribution >= 4 is 26.7 Å². The molecule has 148 valence electrons. The van der Waals surface area contributed by atoms with E-state index in [1.54, 1.807) is 18.2 Å². The average Bonchev–Trinajstić information content (AvgIpc) is 2.74. The topological polar surface area (TPSA) is 96.2 Å². The van der Waals surface area contributed by atoms with Crippen molar-refractivity contribution in [2.24, 2.45) is 0 Å². The third-order valence-corrected chi connectivity index (χ3v) is 6.79. The molecule has 0 spiro atoms. The highest BCUT2D eigenvalue weighted by atomic mass is 32.2. The zero-order chi connectivity index (χ0) is 20.4. The summed E-state index contributed by atoms with van der Waals surface area (Å²) in [5.74, 6) is 0.425. The summed E-state index contributed by atoms with van der Waals surface area (Å²) in [6.07, 6.45) is 0. The standard InChI is InChI=1S/C21H20N4O3S/c1-15-6-8-16(9-7-15)29(26,27)19(14-22)20-21(25-10-12-28-13-11-25)24-18-5-3-2-4-17(18)23-20/h2-9,19H,10-13H2,1H3/t19-/m0/s1. The molecule has 0 radical (unpaired) electrons. The van der Waals surface area contributed by atoms with Gasteiger partial charge in [0.15, 0.2) is 11.1 Å². The molecule has 2 aromatic carbocycles. The Morgan fingerprint density at radius 3 is 2.28 bits per heavy atom. The van der Waals surface area contributed by atoms with E-state index < -0.39 is 15.1 Å². The zero-order valence-corrected chi connectivity index (χ0v) is 16.8. The summed E-state index contributed by atoms with van der Waals surface area (Å²) in [5, 5.41) is 8.43. The Bertz CT molecular complexity index is 1180. The van der Waals surface area contributed by atoms with Crippen LogP contribution in [0.3, 0.4) is 0 Å². The molecule has 0 aliphatic carbocycles. The number of morpholine rings is 1. The number of hydrogen-bond acceptors (Lipinski definition) is 7. The van der Waals surface area contributed by atoms with Gasteiger partial charge in [0.2, 0.25) is 9.84 Å². The number of nitrogens with zero attached hydrogens (tertiary/aromatic N) is 4. The van der Waals surface area contributed by atoms with E-state index in [-0.39, 0.29) is 10.6 Å². The van der Waals surface area contributed by atoms with Crippen LogP contribution in [0.4, 0.5) is 5.82 Å². The summed E-state index contributed by atoms with van der Waals surface area (Å²) in [7, 11) is -3.97. The van der Waals surface area contributed by atoms with Gasteiger partial charge in [-0.05, 0) is 31.2 Å². The van der Waals surface area contributed by atoms with Crippen LogP contribution in [0.2, 0.25) is 0 Å². The van der Waals surface area contributed by atoms with Gasteiger partial charge in [0.25, 0.3) is 0 Å². The number of benzene rings is 2. The van der Waals surface area contributed by atoms with Crippen molar-refractivity contribution in [3.63, 3.8) is 0 Å². The van der Waals surface area contributed by atoms with Crippen LogP contribution in [0.1, 0.15) is 16.5 Å². The predicted molar refractivity (Wildman–Crippen MR) is 109 cm³/mol. The maximum absolute atomic E-state index is 13.3. The minimum Gasteiger partial charge on any atom is -0.378 e. The van der Waals surface area contributed by atoms with Gasteiger partial charge in [0, 0.05) is 13.1 Å². The Morgan fingerprint density at radius 1 is 1.03 bits per heavy atom. The number of hydrogen-bond donors (Lipinski definition) is 0. The molecular formula is C21H20N4O3S. The predicted octanol–water partition coefficient (Wildman–Crippen LogP) is 2.81. The van der Waals surface area contributed by atoms with Gasteiger partial charge in [0.05, 0.1) is 35.2 Å². The molecule has 1 saturated heterocycles. The van der Waals surface area contributed by atoms with E-state index in [1.165, 1.54) is 12.1 Å². The Kier molecular flexibility index (Phi) is 5.18. The van der Waals surface area contributed by atoms with Gasteiger partial charge in [-0.25, -0.2) is 18.4 Å². The molecule has 4 rings (SSSR count). The molecule has 0 amide bonds. The van der Waals surface area contributed by atoms with Crippen molar-refractivity contribution in [2.75, 3.05) is 31.2 Å². The third kappa shape index (κ3) is 3.67. The Balaban J connectivity index is 1.89. The van der Waals surface area contributed by atoms with Crippen molar-refractivity contribution in [1.82, 2.24) is 9.97 Å². The van der Waals surface area contributed by atoms with Gasteiger partial charge in [-0.2, -0.15) is 5.26 Å². The number of rotatable bonds is 4. The van der Waals surface area contributed by atoms with Crippen LogP contribution < -0.4 is 4.90 Å². The summed E-state index contributed by atoms with van der Waals surface area (Å²) in [6.45, 7) is 4.01. The number of aromatic nitrogens is 2. The summed E-state index contributed by atoms with van der Waals surface area (Å²) in [4.78, 5) is 11.3. The number of anilines is 1. The fourth-order valence-electron chi connectivity index (χ4n) is 3.33. The lowest BCUT2D eigenvalue weighted by Crippen LogP contribution is -2.38. The van der Waals surface area contributed by atoms with E-state index >= 15 is 0 Å². The SMILES string of the molecule is Cc1ccc(S(=O)(=O)[C@@H](C#N)c2nc3ccccc3nc2N2CCOCC2)cc1. The zero-order valence-electron chi connectivity index (χ0n) is 15.9. The number of ether oxygens (including phenoxy) is 1. The van der Waals surface area contributed by atoms with Crippen LogP contribution in [-0.4, -0.2) is 44.7 Å². The smallest absolute Gasteiger partial charge is 0.200 e. The van der Waals surface area contributed by atoms with E-state index in [4.69, 9.17) is 4.74 Å². The van der Waals surface area contributed by atoms with Crippen LogP contribution >= 0.6 is 0 Å². The lowest BCUT2D eigenvalue weighted by Gasteiger charge is -2.30. The van der Waals surface area contributed by atoms with Crippen molar-refractivity contribution < 1.29 is 13.2 Å². The third-order valence-electron chi connectivity index (χ3n) is 4.91. The van der Waals surface area contributed by atoms with Gasteiger partial charge < -0.3 is 9.64 Å². The fourth-order valence-corrected chi connectivity index (χ4v) is 4.71. The molecule has 29 heavy (non-hydrogen) atoms. The number of sulfone groups is 1. The molecule has 1 atom stereocenters. The van der Waals surface area contributed by atoms with Crippen molar-refractivity contribution in [1.29, 1.82) is 5.26 Å². The molecule has 0 unspecified atom stereocenters. The van der Waals surface area contributed by atoms with Crippen LogP contribution in [-0.2, 0) is 14.6 Å². The molecule has 0 N–H and O–H groups in total. The highest BCUT2D eigenvalue weighted by Crippen LogP contribution is 2.34. The second-order valence-corrected chi connectivity index (χ2v) is 8.92. The largest absolute Gasteiger partial charge is 0.378 e. The van der Waals surface area contributed by atoms with E-state index in [9.17, 15) is 13.7 Å². The number of fused-ring (bicyclic) bond motifs is 1. The summed E-state index contributed by atoms with van der Waals surface area (Å²) >= 11 is 0.